The van der Waals surface area contributed by atoms with Crippen LogP contribution >= 0.6 is 0 Å². The van der Waals surface area contributed by atoms with Gasteiger partial charge in [0, 0.05) is 31.9 Å². The standard InChI is InChI=1S/C10H14N2O3/c1-7-9(10(14)15)3-5-12(7)6-4-11-8(2)13/h3,5H,4,6H2,1-2H3,(H,11,13)(H,14,15). The average Bonchev–Trinajstić information content (AvgIpc) is 2.47. The molecule has 0 radical (unpaired) electrons. The summed E-state index contributed by atoms with van der Waals surface area (Å²) in [6.07, 6.45) is 1.71. The van der Waals surface area contributed by atoms with Crippen LogP contribution in [-0.2, 0) is 11.3 Å². The van der Waals surface area contributed by atoms with Crippen LogP contribution in [0, 0.1) is 6.92 Å². The predicted molar refractivity (Wildman–Crippen MR) is 54.8 cm³/mol. The average molecular weight is 210 g/mol. The van der Waals surface area contributed by atoms with E-state index in [1.54, 1.807) is 23.8 Å². The van der Waals surface area contributed by atoms with Gasteiger partial charge < -0.3 is 15.0 Å². The van der Waals surface area contributed by atoms with Crippen LogP contribution in [0.3, 0.4) is 0 Å². The highest BCUT2D eigenvalue weighted by molar-refractivity contribution is 5.88. The Morgan fingerprint density at radius 2 is 2.20 bits per heavy atom. The van der Waals surface area contributed by atoms with Gasteiger partial charge in [0.05, 0.1) is 5.56 Å². The number of carboxylic acid groups (broad SMARTS) is 1. The molecule has 1 rings (SSSR count). The van der Waals surface area contributed by atoms with Crippen LogP contribution in [0.15, 0.2) is 12.3 Å². The molecule has 1 aromatic heterocycles. The van der Waals surface area contributed by atoms with Gasteiger partial charge in [-0.25, -0.2) is 4.79 Å². The number of aromatic nitrogens is 1. The third-order valence-electron chi connectivity index (χ3n) is 2.20. The highest BCUT2D eigenvalue weighted by Gasteiger charge is 2.10. The molecule has 0 saturated heterocycles. The smallest absolute Gasteiger partial charge is 0.337 e. The van der Waals surface area contributed by atoms with Crippen LogP contribution in [0.5, 0.6) is 0 Å². The van der Waals surface area contributed by atoms with Crippen LogP contribution in [0.1, 0.15) is 23.0 Å². The fraction of sp³-hybridized carbons (Fsp3) is 0.400. The quantitative estimate of drug-likeness (QED) is 0.765. The highest BCUT2D eigenvalue weighted by Crippen LogP contribution is 2.09. The second-order valence-electron chi connectivity index (χ2n) is 3.30. The number of nitrogens with zero attached hydrogens (tertiary/aromatic N) is 1. The molecule has 0 bridgehead atoms. The van der Waals surface area contributed by atoms with Gasteiger partial charge in [-0.1, -0.05) is 0 Å². The lowest BCUT2D eigenvalue weighted by molar-refractivity contribution is -0.118. The minimum atomic E-state index is -0.925. The van der Waals surface area contributed by atoms with Crippen LogP contribution in [0.25, 0.3) is 0 Å². The summed E-state index contributed by atoms with van der Waals surface area (Å²) in [5.74, 6) is -1.01. The Kier molecular flexibility index (Phi) is 3.49. The number of hydrogen-bond donors (Lipinski definition) is 2. The first-order valence-electron chi connectivity index (χ1n) is 4.66. The zero-order chi connectivity index (χ0) is 11.4. The summed E-state index contributed by atoms with van der Waals surface area (Å²) in [7, 11) is 0. The maximum absolute atomic E-state index is 10.7. The minimum absolute atomic E-state index is 0.0849. The molecule has 0 spiro atoms. The van der Waals surface area contributed by atoms with E-state index in [1.165, 1.54) is 6.92 Å². The van der Waals surface area contributed by atoms with E-state index < -0.39 is 5.97 Å². The number of hydrogen-bond acceptors (Lipinski definition) is 2. The number of rotatable bonds is 4. The maximum atomic E-state index is 10.7. The van der Waals surface area contributed by atoms with Crippen molar-refractivity contribution in [3.05, 3.63) is 23.5 Å². The molecule has 0 atom stereocenters. The normalized spacial score (nSPS) is 10.0. The molecule has 0 aliphatic heterocycles. The first-order chi connectivity index (χ1) is 7.02. The summed E-state index contributed by atoms with van der Waals surface area (Å²) in [6.45, 7) is 4.28. The molecule has 0 aromatic carbocycles. The fourth-order valence-corrected chi connectivity index (χ4v) is 1.37. The SMILES string of the molecule is CC(=O)NCCn1ccc(C(=O)O)c1C. The second-order valence-corrected chi connectivity index (χ2v) is 3.30. The van der Waals surface area contributed by atoms with Crippen molar-refractivity contribution in [1.82, 2.24) is 9.88 Å². The fourth-order valence-electron chi connectivity index (χ4n) is 1.37. The molecule has 82 valence electrons. The second kappa shape index (κ2) is 4.63. The first-order valence-corrected chi connectivity index (χ1v) is 4.66. The van der Waals surface area contributed by atoms with Crippen LogP contribution in [0.4, 0.5) is 0 Å². The minimum Gasteiger partial charge on any atom is -0.478 e. The van der Waals surface area contributed by atoms with Crippen molar-refractivity contribution in [2.24, 2.45) is 0 Å². The van der Waals surface area contributed by atoms with Gasteiger partial charge >= 0.3 is 5.97 Å². The van der Waals surface area contributed by atoms with Crippen molar-refractivity contribution in [1.29, 1.82) is 0 Å². The van der Waals surface area contributed by atoms with E-state index in [2.05, 4.69) is 5.32 Å². The number of aromatic carboxylic acids is 1. The Bertz CT molecular complexity index is 382. The summed E-state index contributed by atoms with van der Waals surface area (Å²) in [6, 6.07) is 1.56. The van der Waals surface area contributed by atoms with Gasteiger partial charge in [-0.05, 0) is 13.0 Å². The van der Waals surface area contributed by atoms with Crippen molar-refractivity contribution in [2.45, 2.75) is 20.4 Å². The number of carbonyl (C=O) groups is 2. The molecule has 0 saturated carbocycles. The third-order valence-corrected chi connectivity index (χ3v) is 2.20. The van der Waals surface area contributed by atoms with E-state index in [1.807, 2.05) is 0 Å². The Labute approximate surface area is 87.7 Å². The van der Waals surface area contributed by atoms with Crippen molar-refractivity contribution >= 4 is 11.9 Å². The lowest BCUT2D eigenvalue weighted by Crippen LogP contribution is -2.24. The summed E-state index contributed by atoms with van der Waals surface area (Å²) in [4.78, 5) is 21.4. The molecule has 2 N–H and O–H groups in total. The van der Waals surface area contributed by atoms with Gasteiger partial charge in [0.2, 0.25) is 5.91 Å². The Hall–Kier alpha value is -1.78. The van der Waals surface area contributed by atoms with Gasteiger partial charge in [-0.3, -0.25) is 4.79 Å². The zero-order valence-corrected chi connectivity index (χ0v) is 8.78. The van der Waals surface area contributed by atoms with E-state index in [0.29, 0.717) is 24.3 Å². The van der Waals surface area contributed by atoms with Crippen LogP contribution < -0.4 is 5.32 Å². The molecule has 1 heterocycles. The lowest BCUT2D eigenvalue weighted by Gasteiger charge is -2.06. The number of carbonyl (C=O) groups excluding carboxylic acids is 1. The Balaban J connectivity index is 2.63. The molecule has 0 fully saturated rings. The van der Waals surface area contributed by atoms with E-state index in [0.717, 1.165) is 0 Å². The van der Waals surface area contributed by atoms with Crippen LogP contribution in [-0.4, -0.2) is 28.1 Å². The highest BCUT2D eigenvalue weighted by atomic mass is 16.4. The molecule has 5 heteroatoms. The monoisotopic (exact) mass is 210 g/mol. The lowest BCUT2D eigenvalue weighted by atomic mass is 10.2. The third kappa shape index (κ3) is 2.83. The van der Waals surface area contributed by atoms with E-state index in [9.17, 15) is 9.59 Å². The molecular weight excluding hydrogens is 196 g/mol. The van der Waals surface area contributed by atoms with E-state index in [-0.39, 0.29) is 5.91 Å². The van der Waals surface area contributed by atoms with Gasteiger partial charge in [0.15, 0.2) is 0 Å². The molecule has 15 heavy (non-hydrogen) atoms. The first kappa shape index (κ1) is 11.3. The molecule has 0 aliphatic rings. The van der Waals surface area contributed by atoms with Crippen molar-refractivity contribution < 1.29 is 14.7 Å². The van der Waals surface area contributed by atoms with Gasteiger partial charge in [-0.2, -0.15) is 0 Å². The molecule has 1 amide bonds. The molecule has 5 nitrogen and oxygen atoms in total. The number of nitrogens with one attached hydrogen (secondary N) is 1. The molecule has 1 aromatic rings. The van der Waals surface area contributed by atoms with Gasteiger partial charge in [0.25, 0.3) is 0 Å². The van der Waals surface area contributed by atoms with Gasteiger partial charge in [-0.15, -0.1) is 0 Å². The zero-order valence-electron chi connectivity index (χ0n) is 8.78. The van der Waals surface area contributed by atoms with E-state index in [4.69, 9.17) is 5.11 Å². The van der Waals surface area contributed by atoms with Crippen LogP contribution in [0.2, 0.25) is 0 Å². The summed E-state index contributed by atoms with van der Waals surface area (Å²) < 4.78 is 1.80. The summed E-state index contributed by atoms with van der Waals surface area (Å²) in [5, 5.41) is 11.5. The molecule has 0 unspecified atom stereocenters. The molecular formula is C10H14N2O3. The predicted octanol–water partition coefficient (Wildman–Crippen LogP) is 0.631. The molecule has 0 aliphatic carbocycles. The number of amides is 1. The van der Waals surface area contributed by atoms with Crippen molar-refractivity contribution in [3.8, 4) is 0 Å². The van der Waals surface area contributed by atoms with Gasteiger partial charge in [0.1, 0.15) is 0 Å². The Morgan fingerprint density at radius 1 is 1.53 bits per heavy atom. The van der Waals surface area contributed by atoms with Crippen molar-refractivity contribution in [3.63, 3.8) is 0 Å². The maximum Gasteiger partial charge on any atom is 0.337 e. The largest absolute Gasteiger partial charge is 0.478 e. The topological polar surface area (TPSA) is 71.3 Å². The van der Waals surface area contributed by atoms with E-state index >= 15 is 0 Å². The number of carboxylic acids is 1. The Morgan fingerprint density at radius 3 is 2.67 bits per heavy atom. The summed E-state index contributed by atoms with van der Waals surface area (Å²) in [5.41, 5.74) is 1.01. The summed E-state index contributed by atoms with van der Waals surface area (Å²) >= 11 is 0. The van der Waals surface area contributed by atoms with Crippen molar-refractivity contribution in [2.75, 3.05) is 6.54 Å².